The van der Waals surface area contributed by atoms with Crippen molar-refractivity contribution < 1.29 is 4.74 Å². The molecular formula is C11H17NOS. The highest BCUT2D eigenvalue weighted by molar-refractivity contribution is 7.10. The summed E-state index contributed by atoms with van der Waals surface area (Å²) in [4.78, 5) is 1.25. The summed E-state index contributed by atoms with van der Waals surface area (Å²) in [6, 6.07) is 4.22. The monoisotopic (exact) mass is 211 g/mol. The molecule has 2 N–H and O–H groups in total. The molecule has 2 atom stereocenters. The second-order valence-corrected chi connectivity index (χ2v) is 4.78. The van der Waals surface area contributed by atoms with Crippen molar-refractivity contribution in [1.29, 1.82) is 0 Å². The molecule has 78 valence electrons. The molecule has 0 spiro atoms. The molecule has 0 aliphatic heterocycles. The number of hydrogen-bond acceptors (Lipinski definition) is 3. The molecule has 2 nitrogen and oxygen atoms in total. The average molecular weight is 211 g/mol. The third kappa shape index (κ3) is 2.16. The first-order chi connectivity index (χ1) is 6.83. The Kier molecular flexibility index (Phi) is 3.21. The van der Waals surface area contributed by atoms with Gasteiger partial charge in [0, 0.05) is 11.5 Å². The Morgan fingerprint density at radius 2 is 2.43 bits per heavy atom. The van der Waals surface area contributed by atoms with Crippen molar-refractivity contribution in [2.45, 2.75) is 31.9 Å². The molecule has 2 unspecified atom stereocenters. The molecule has 0 amide bonds. The zero-order valence-electron chi connectivity index (χ0n) is 8.48. The van der Waals surface area contributed by atoms with Gasteiger partial charge in [0.05, 0.1) is 12.1 Å². The molecule has 0 radical (unpaired) electrons. The maximum absolute atomic E-state index is 6.20. The molecule has 2 rings (SSSR count). The first kappa shape index (κ1) is 10.1. The minimum atomic E-state index is 0.0717. The first-order valence-electron chi connectivity index (χ1n) is 5.23. The van der Waals surface area contributed by atoms with E-state index in [1.807, 2.05) is 6.92 Å². The minimum Gasteiger partial charge on any atom is -0.376 e. The van der Waals surface area contributed by atoms with Crippen LogP contribution < -0.4 is 5.73 Å². The van der Waals surface area contributed by atoms with Crippen LogP contribution in [0, 0.1) is 5.92 Å². The summed E-state index contributed by atoms with van der Waals surface area (Å²) in [5.41, 5.74) is 6.20. The van der Waals surface area contributed by atoms with Gasteiger partial charge in [0.25, 0.3) is 0 Å². The van der Waals surface area contributed by atoms with Gasteiger partial charge in [0.1, 0.15) is 0 Å². The predicted molar refractivity (Wildman–Crippen MR) is 59.4 cm³/mol. The Morgan fingerprint density at radius 3 is 2.93 bits per heavy atom. The Balaban J connectivity index is 2.02. The second-order valence-electron chi connectivity index (χ2n) is 3.80. The van der Waals surface area contributed by atoms with Crippen LogP contribution in [-0.2, 0) is 4.74 Å². The highest BCUT2D eigenvalue weighted by atomic mass is 32.1. The second kappa shape index (κ2) is 4.43. The van der Waals surface area contributed by atoms with Gasteiger partial charge in [-0.15, -0.1) is 11.3 Å². The van der Waals surface area contributed by atoms with Gasteiger partial charge in [-0.1, -0.05) is 6.07 Å². The SMILES string of the molecule is CCOC(C1CC1)C(N)c1cccs1. The van der Waals surface area contributed by atoms with Gasteiger partial charge in [-0.05, 0) is 37.1 Å². The molecule has 1 saturated carbocycles. The maximum atomic E-state index is 6.20. The molecule has 0 saturated heterocycles. The van der Waals surface area contributed by atoms with Crippen molar-refractivity contribution in [3.05, 3.63) is 22.4 Å². The average Bonchev–Trinajstić information content (AvgIpc) is 2.88. The van der Waals surface area contributed by atoms with Crippen LogP contribution in [0.15, 0.2) is 17.5 Å². The van der Waals surface area contributed by atoms with E-state index in [2.05, 4.69) is 17.5 Å². The lowest BCUT2D eigenvalue weighted by molar-refractivity contribution is 0.0291. The number of hydrogen-bond donors (Lipinski definition) is 1. The third-order valence-electron chi connectivity index (χ3n) is 2.67. The molecule has 0 aromatic carbocycles. The summed E-state index contributed by atoms with van der Waals surface area (Å²) >= 11 is 1.73. The maximum Gasteiger partial charge on any atom is 0.0803 e. The Labute approximate surface area is 89.1 Å². The van der Waals surface area contributed by atoms with Gasteiger partial charge in [0.2, 0.25) is 0 Å². The van der Waals surface area contributed by atoms with Crippen molar-refractivity contribution in [2.24, 2.45) is 11.7 Å². The Morgan fingerprint density at radius 1 is 1.64 bits per heavy atom. The molecule has 1 aromatic rings. The highest BCUT2D eigenvalue weighted by Gasteiger charge is 2.36. The summed E-state index contributed by atoms with van der Waals surface area (Å²) in [6.45, 7) is 2.80. The van der Waals surface area contributed by atoms with E-state index in [0.29, 0.717) is 5.92 Å². The molecule has 0 bridgehead atoms. The minimum absolute atomic E-state index is 0.0717. The standard InChI is InChI=1S/C11H17NOS/c1-2-13-11(8-5-6-8)10(12)9-4-3-7-14-9/h3-4,7-8,10-11H,2,5-6,12H2,1H3. The van der Waals surface area contributed by atoms with Gasteiger partial charge in [-0.2, -0.15) is 0 Å². The fourth-order valence-electron chi connectivity index (χ4n) is 1.79. The fraction of sp³-hybridized carbons (Fsp3) is 0.636. The predicted octanol–water partition coefficient (Wildman–Crippen LogP) is 2.56. The van der Waals surface area contributed by atoms with E-state index in [0.717, 1.165) is 6.61 Å². The smallest absolute Gasteiger partial charge is 0.0803 e. The van der Waals surface area contributed by atoms with E-state index < -0.39 is 0 Å². The van der Waals surface area contributed by atoms with E-state index >= 15 is 0 Å². The number of ether oxygens (including phenoxy) is 1. The van der Waals surface area contributed by atoms with Gasteiger partial charge < -0.3 is 10.5 Å². The molecule has 1 aliphatic rings. The van der Waals surface area contributed by atoms with Crippen LogP contribution in [0.25, 0.3) is 0 Å². The van der Waals surface area contributed by atoms with Crippen molar-refractivity contribution in [2.75, 3.05) is 6.61 Å². The molecule has 1 fully saturated rings. The highest BCUT2D eigenvalue weighted by Crippen LogP contribution is 2.39. The first-order valence-corrected chi connectivity index (χ1v) is 6.11. The molecule has 3 heteroatoms. The van der Waals surface area contributed by atoms with Crippen molar-refractivity contribution in [3.8, 4) is 0 Å². The third-order valence-corrected chi connectivity index (χ3v) is 3.65. The quantitative estimate of drug-likeness (QED) is 0.812. The van der Waals surface area contributed by atoms with Gasteiger partial charge in [0.15, 0.2) is 0 Å². The van der Waals surface area contributed by atoms with Gasteiger partial charge in [-0.25, -0.2) is 0 Å². The number of nitrogens with two attached hydrogens (primary N) is 1. The van der Waals surface area contributed by atoms with E-state index in [4.69, 9.17) is 10.5 Å². The fourth-order valence-corrected chi connectivity index (χ4v) is 2.56. The lowest BCUT2D eigenvalue weighted by atomic mass is 10.1. The summed E-state index contributed by atoms with van der Waals surface area (Å²) in [5.74, 6) is 0.701. The summed E-state index contributed by atoms with van der Waals surface area (Å²) in [7, 11) is 0. The molecule has 14 heavy (non-hydrogen) atoms. The van der Waals surface area contributed by atoms with E-state index in [-0.39, 0.29) is 12.1 Å². The zero-order chi connectivity index (χ0) is 9.97. The van der Waals surface area contributed by atoms with Crippen LogP contribution in [0.5, 0.6) is 0 Å². The van der Waals surface area contributed by atoms with Crippen LogP contribution in [0.1, 0.15) is 30.7 Å². The Bertz CT molecular complexity index is 269. The lowest BCUT2D eigenvalue weighted by Gasteiger charge is -2.22. The van der Waals surface area contributed by atoms with E-state index in [9.17, 15) is 0 Å². The number of rotatable bonds is 5. The van der Waals surface area contributed by atoms with Crippen LogP contribution in [0.2, 0.25) is 0 Å². The largest absolute Gasteiger partial charge is 0.376 e. The summed E-state index contributed by atoms with van der Waals surface area (Å²) in [5, 5.41) is 2.07. The van der Waals surface area contributed by atoms with Crippen LogP contribution in [0.3, 0.4) is 0 Å². The molecular weight excluding hydrogens is 194 g/mol. The normalized spacial score (nSPS) is 20.7. The zero-order valence-corrected chi connectivity index (χ0v) is 9.30. The van der Waals surface area contributed by atoms with E-state index in [1.165, 1.54) is 17.7 Å². The van der Waals surface area contributed by atoms with E-state index in [1.54, 1.807) is 11.3 Å². The van der Waals surface area contributed by atoms with Crippen molar-refractivity contribution >= 4 is 11.3 Å². The van der Waals surface area contributed by atoms with Crippen LogP contribution >= 0.6 is 11.3 Å². The number of thiophene rings is 1. The summed E-state index contributed by atoms with van der Waals surface area (Å²) < 4.78 is 5.73. The van der Waals surface area contributed by atoms with Crippen molar-refractivity contribution in [1.82, 2.24) is 0 Å². The van der Waals surface area contributed by atoms with Crippen LogP contribution in [-0.4, -0.2) is 12.7 Å². The van der Waals surface area contributed by atoms with Crippen molar-refractivity contribution in [3.63, 3.8) is 0 Å². The topological polar surface area (TPSA) is 35.2 Å². The lowest BCUT2D eigenvalue weighted by Crippen LogP contribution is -2.30. The molecule has 1 aromatic heterocycles. The molecule has 1 heterocycles. The van der Waals surface area contributed by atoms with Crippen LogP contribution in [0.4, 0.5) is 0 Å². The van der Waals surface area contributed by atoms with Gasteiger partial charge >= 0.3 is 0 Å². The molecule has 1 aliphatic carbocycles. The Hall–Kier alpha value is -0.380. The van der Waals surface area contributed by atoms with Gasteiger partial charge in [-0.3, -0.25) is 0 Å². The summed E-state index contributed by atoms with van der Waals surface area (Å²) in [6.07, 6.45) is 2.80.